The Labute approximate surface area is 430 Å². The molecular formula is C59H100O12. The summed E-state index contributed by atoms with van der Waals surface area (Å²) in [4.78, 5) is 50.9. The van der Waals surface area contributed by atoms with Gasteiger partial charge >= 0.3 is 23.9 Å². The number of aliphatic hydroxyl groups excluding tert-OH is 2. The number of aliphatic hydroxyl groups is 2. The van der Waals surface area contributed by atoms with E-state index in [-0.39, 0.29) is 25.9 Å². The van der Waals surface area contributed by atoms with E-state index in [1.807, 2.05) is 0 Å². The molecule has 12 nitrogen and oxygen atoms in total. The zero-order valence-electron chi connectivity index (χ0n) is 44.7. The van der Waals surface area contributed by atoms with Crippen molar-refractivity contribution in [3.8, 4) is 0 Å². The number of ether oxygens (including phenoxy) is 5. The van der Waals surface area contributed by atoms with E-state index in [1.54, 1.807) is 0 Å². The van der Waals surface area contributed by atoms with Crippen molar-refractivity contribution < 1.29 is 58.2 Å². The van der Waals surface area contributed by atoms with E-state index in [2.05, 4.69) is 81.5 Å². The largest absolute Gasteiger partial charge is 0.479 e. The first-order chi connectivity index (χ1) is 34.6. The molecule has 0 spiro atoms. The summed E-state index contributed by atoms with van der Waals surface area (Å²) in [6, 6.07) is 0. The molecule has 0 radical (unpaired) electrons. The van der Waals surface area contributed by atoms with Crippen LogP contribution in [0.5, 0.6) is 0 Å². The molecule has 3 N–H and O–H groups in total. The maximum absolute atomic E-state index is 13.1. The van der Waals surface area contributed by atoms with Crippen molar-refractivity contribution in [2.24, 2.45) is 0 Å². The number of unbranched alkanes of at least 4 members (excludes halogenated alkanes) is 23. The Balaban J connectivity index is 2.73. The Bertz CT molecular complexity index is 1470. The summed E-state index contributed by atoms with van der Waals surface area (Å²) in [6.45, 7) is 5.83. The maximum Gasteiger partial charge on any atom is 0.335 e. The molecule has 0 amide bonds. The van der Waals surface area contributed by atoms with E-state index in [0.29, 0.717) is 25.7 Å². The molecule has 1 aliphatic rings. The van der Waals surface area contributed by atoms with Crippen LogP contribution >= 0.6 is 0 Å². The third-order valence-electron chi connectivity index (χ3n) is 12.6. The number of carboxylic acids is 1. The second kappa shape index (κ2) is 47.4. The highest BCUT2D eigenvalue weighted by atomic mass is 16.7. The maximum atomic E-state index is 13.1. The van der Waals surface area contributed by atoms with Gasteiger partial charge in [0.1, 0.15) is 18.8 Å². The first-order valence-electron chi connectivity index (χ1n) is 28.3. The summed E-state index contributed by atoms with van der Waals surface area (Å²) in [5, 5.41) is 31.4. The Morgan fingerprint density at radius 1 is 0.479 bits per heavy atom. The number of carbonyl (C=O) groups excluding carboxylic acids is 3. The number of allylic oxidation sites excluding steroid dienone is 10. The average Bonchev–Trinajstić information content (AvgIpc) is 3.35. The molecule has 0 bridgehead atoms. The van der Waals surface area contributed by atoms with Crippen molar-refractivity contribution in [1.29, 1.82) is 0 Å². The second-order valence-electron chi connectivity index (χ2n) is 19.2. The van der Waals surface area contributed by atoms with Crippen molar-refractivity contribution in [3.05, 3.63) is 60.8 Å². The molecule has 408 valence electrons. The lowest BCUT2D eigenvalue weighted by Crippen LogP contribution is -2.61. The van der Waals surface area contributed by atoms with Crippen LogP contribution in [0.3, 0.4) is 0 Å². The van der Waals surface area contributed by atoms with Gasteiger partial charge in [-0.3, -0.25) is 14.4 Å². The van der Waals surface area contributed by atoms with Gasteiger partial charge in [0.05, 0.1) is 6.61 Å². The Kier molecular flexibility index (Phi) is 43.7. The number of rotatable bonds is 47. The predicted octanol–water partition coefficient (Wildman–Crippen LogP) is 14.0. The highest BCUT2D eigenvalue weighted by Crippen LogP contribution is 2.26. The summed E-state index contributed by atoms with van der Waals surface area (Å²) >= 11 is 0. The van der Waals surface area contributed by atoms with Crippen LogP contribution in [0.15, 0.2) is 60.8 Å². The molecule has 0 saturated carbocycles. The molecule has 0 aromatic carbocycles. The number of hydrogen-bond acceptors (Lipinski definition) is 11. The predicted molar refractivity (Wildman–Crippen MR) is 285 cm³/mol. The van der Waals surface area contributed by atoms with Crippen molar-refractivity contribution in [3.63, 3.8) is 0 Å². The minimum absolute atomic E-state index is 0.00779. The van der Waals surface area contributed by atoms with Gasteiger partial charge < -0.3 is 39.0 Å². The normalized spacial score (nSPS) is 18.9. The fraction of sp³-hybridized carbons (Fsp3) is 0.763. The highest BCUT2D eigenvalue weighted by Gasteiger charge is 2.50. The SMILES string of the molecule is CC/C=C\C/C=C\C/C=C\C/C=C\CCCCC(=O)OC1C(OCC(COC(=O)CCCCCCC/C=C\CCCCCCCC)OC(=O)CCCCCCCCCCCCC)OC(C(=O)O)C(O)C1O. The molecule has 1 heterocycles. The molecule has 0 aromatic rings. The van der Waals surface area contributed by atoms with Gasteiger partial charge in [-0.2, -0.15) is 0 Å². The van der Waals surface area contributed by atoms with Gasteiger partial charge in [-0.15, -0.1) is 0 Å². The van der Waals surface area contributed by atoms with Crippen LogP contribution in [0.1, 0.15) is 239 Å². The standard InChI is InChI=1S/C59H100O12/c1-4-7-10-13-16-19-22-24-26-28-31-33-36-39-42-45-51(60)67-48-50(69-52(61)46-43-40-37-34-30-21-18-15-12-9-6-3)49-68-59-57(55(64)54(63)56(71-59)58(65)66)70-53(62)47-44-41-38-35-32-29-27-25-23-20-17-14-11-8-5-2/h8,11,17,20,24-27,32,35,50,54-57,59,63-64H,4-7,9-10,12-16,18-19,21-23,28-31,33-34,36-49H2,1-3H3,(H,65,66)/b11-8-,20-17-,26-24-,27-25-,35-32-. The van der Waals surface area contributed by atoms with Gasteiger partial charge in [0.25, 0.3) is 0 Å². The summed E-state index contributed by atoms with van der Waals surface area (Å²) in [5.41, 5.74) is 0. The third-order valence-corrected chi connectivity index (χ3v) is 12.6. The molecule has 1 fully saturated rings. The number of carbonyl (C=O) groups is 4. The first kappa shape index (κ1) is 65.4. The lowest BCUT2D eigenvalue weighted by Gasteiger charge is -2.40. The van der Waals surface area contributed by atoms with E-state index >= 15 is 0 Å². The topological polar surface area (TPSA) is 175 Å². The molecule has 71 heavy (non-hydrogen) atoms. The van der Waals surface area contributed by atoms with Crippen LogP contribution in [0, 0.1) is 0 Å². The van der Waals surface area contributed by atoms with Gasteiger partial charge in [-0.05, 0) is 83.5 Å². The lowest BCUT2D eigenvalue weighted by molar-refractivity contribution is -0.301. The van der Waals surface area contributed by atoms with E-state index in [0.717, 1.165) is 89.9 Å². The second-order valence-corrected chi connectivity index (χ2v) is 19.2. The Hall–Kier alpha value is -3.58. The number of hydrogen-bond donors (Lipinski definition) is 3. The van der Waals surface area contributed by atoms with Crippen molar-refractivity contribution >= 4 is 23.9 Å². The lowest BCUT2D eigenvalue weighted by atomic mass is 9.98. The van der Waals surface area contributed by atoms with Gasteiger partial charge in [0.2, 0.25) is 0 Å². The molecular weight excluding hydrogens is 901 g/mol. The highest BCUT2D eigenvalue weighted by molar-refractivity contribution is 5.74. The summed E-state index contributed by atoms with van der Waals surface area (Å²) in [6.07, 6.45) is 44.9. The van der Waals surface area contributed by atoms with Crippen LogP contribution in [-0.2, 0) is 42.9 Å². The summed E-state index contributed by atoms with van der Waals surface area (Å²) in [7, 11) is 0. The van der Waals surface area contributed by atoms with E-state index in [4.69, 9.17) is 23.7 Å². The minimum atomic E-state index is -1.92. The van der Waals surface area contributed by atoms with Gasteiger partial charge in [-0.1, -0.05) is 197 Å². The zero-order chi connectivity index (χ0) is 51.8. The number of esters is 3. The van der Waals surface area contributed by atoms with Crippen LogP contribution in [0.25, 0.3) is 0 Å². The van der Waals surface area contributed by atoms with E-state index in [1.165, 1.54) is 83.5 Å². The summed E-state index contributed by atoms with van der Waals surface area (Å²) in [5.74, 6) is -3.18. The van der Waals surface area contributed by atoms with Gasteiger partial charge in [-0.25, -0.2) is 4.79 Å². The first-order valence-corrected chi connectivity index (χ1v) is 28.3. The van der Waals surface area contributed by atoms with Crippen LogP contribution in [0.2, 0.25) is 0 Å². The van der Waals surface area contributed by atoms with Crippen molar-refractivity contribution in [2.45, 2.75) is 276 Å². The molecule has 1 aliphatic heterocycles. The van der Waals surface area contributed by atoms with Crippen molar-refractivity contribution in [2.75, 3.05) is 13.2 Å². The van der Waals surface area contributed by atoms with Gasteiger partial charge in [0.15, 0.2) is 24.6 Å². The van der Waals surface area contributed by atoms with Crippen molar-refractivity contribution in [1.82, 2.24) is 0 Å². The molecule has 6 unspecified atom stereocenters. The van der Waals surface area contributed by atoms with Crippen LogP contribution in [-0.4, -0.2) is 89.2 Å². The molecule has 1 saturated heterocycles. The average molecular weight is 1000 g/mol. The molecule has 6 atom stereocenters. The Morgan fingerprint density at radius 3 is 1.39 bits per heavy atom. The molecule has 0 aliphatic carbocycles. The van der Waals surface area contributed by atoms with Crippen LogP contribution in [0.4, 0.5) is 0 Å². The minimum Gasteiger partial charge on any atom is -0.479 e. The Morgan fingerprint density at radius 2 is 0.887 bits per heavy atom. The van der Waals surface area contributed by atoms with E-state index in [9.17, 15) is 34.5 Å². The van der Waals surface area contributed by atoms with Crippen LogP contribution < -0.4 is 0 Å². The van der Waals surface area contributed by atoms with Gasteiger partial charge in [0, 0.05) is 19.3 Å². The molecule has 12 heteroatoms. The fourth-order valence-electron chi connectivity index (χ4n) is 8.24. The number of aliphatic carboxylic acids is 1. The zero-order valence-corrected chi connectivity index (χ0v) is 44.7. The summed E-state index contributed by atoms with van der Waals surface area (Å²) < 4.78 is 28.3. The quantitative estimate of drug-likeness (QED) is 0.0228. The third kappa shape index (κ3) is 37.8. The van der Waals surface area contributed by atoms with E-state index < -0.39 is 67.3 Å². The smallest absolute Gasteiger partial charge is 0.335 e. The number of carboxylic acid groups (broad SMARTS) is 1. The fourth-order valence-corrected chi connectivity index (χ4v) is 8.24. The monoisotopic (exact) mass is 1000 g/mol. The molecule has 0 aromatic heterocycles. The molecule has 1 rings (SSSR count).